The first-order valence-corrected chi connectivity index (χ1v) is 8.64. The van der Waals surface area contributed by atoms with Crippen LogP contribution in [0.3, 0.4) is 0 Å². The van der Waals surface area contributed by atoms with E-state index in [1.54, 1.807) is 0 Å². The molecule has 1 saturated carbocycles. The van der Waals surface area contributed by atoms with Crippen LogP contribution < -0.4 is 5.32 Å². The fourth-order valence-corrected chi connectivity index (χ4v) is 3.15. The Balaban J connectivity index is 1.81. The predicted molar refractivity (Wildman–Crippen MR) is 89.2 cm³/mol. The lowest BCUT2D eigenvalue weighted by atomic mass is 10.1. The quantitative estimate of drug-likeness (QED) is 0.612. The van der Waals surface area contributed by atoms with Crippen LogP contribution in [0.1, 0.15) is 63.1 Å². The lowest BCUT2D eigenvalue weighted by molar-refractivity contribution is 0.211. The van der Waals surface area contributed by atoms with Crippen LogP contribution in [0.2, 0.25) is 0 Å². The van der Waals surface area contributed by atoms with Crippen LogP contribution in [0.5, 0.6) is 0 Å². The van der Waals surface area contributed by atoms with Crippen LogP contribution in [0.15, 0.2) is 18.3 Å². The molecule has 1 fully saturated rings. The van der Waals surface area contributed by atoms with Crippen LogP contribution in [-0.2, 0) is 13.1 Å². The second-order valence-corrected chi connectivity index (χ2v) is 6.40. The average molecular weight is 289 g/mol. The topological polar surface area (TPSA) is 28.2 Å². The summed E-state index contributed by atoms with van der Waals surface area (Å²) < 4.78 is 0. The van der Waals surface area contributed by atoms with Crippen molar-refractivity contribution >= 4 is 0 Å². The third-order valence-electron chi connectivity index (χ3n) is 4.50. The minimum atomic E-state index is 0.750. The molecule has 2 rings (SSSR count). The second kappa shape index (κ2) is 9.16. The monoisotopic (exact) mass is 289 g/mol. The molecule has 118 valence electrons. The van der Waals surface area contributed by atoms with Gasteiger partial charge < -0.3 is 5.32 Å². The molecule has 1 aliphatic carbocycles. The molecule has 3 nitrogen and oxygen atoms in total. The number of hydrogen-bond donors (Lipinski definition) is 1. The lowest BCUT2D eigenvalue weighted by Crippen LogP contribution is -2.31. The van der Waals surface area contributed by atoms with Crippen molar-refractivity contribution in [1.29, 1.82) is 0 Å². The minimum absolute atomic E-state index is 0.750. The molecule has 0 aromatic carbocycles. The molecule has 0 aliphatic heterocycles. The van der Waals surface area contributed by atoms with Gasteiger partial charge in [0.15, 0.2) is 0 Å². The van der Waals surface area contributed by atoms with E-state index in [-0.39, 0.29) is 0 Å². The first-order valence-electron chi connectivity index (χ1n) is 8.64. The van der Waals surface area contributed by atoms with E-state index in [4.69, 9.17) is 0 Å². The van der Waals surface area contributed by atoms with Crippen molar-refractivity contribution in [3.63, 3.8) is 0 Å². The van der Waals surface area contributed by atoms with Gasteiger partial charge in [-0.05, 0) is 44.5 Å². The number of aromatic nitrogens is 1. The summed E-state index contributed by atoms with van der Waals surface area (Å²) in [7, 11) is 2.26. The highest BCUT2D eigenvalue weighted by molar-refractivity contribution is 5.14. The van der Waals surface area contributed by atoms with Crippen LogP contribution in [0.4, 0.5) is 0 Å². The summed E-state index contributed by atoms with van der Waals surface area (Å²) in [6.45, 7) is 5.18. The Kier molecular flexibility index (Phi) is 7.17. The molecule has 0 unspecified atom stereocenters. The van der Waals surface area contributed by atoms with Crippen molar-refractivity contribution in [3.05, 3.63) is 29.6 Å². The third kappa shape index (κ3) is 5.76. The fourth-order valence-electron chi connectivity index (χ4n) is 3.15. The highest BCUT2D eigenvalue weighted by Crippen LogP contribution is 2.21. The number of hydrogen-bond acceptors (Lipinski definition) is 3. The SMILES string of the molecule is CCCNCc1ccc(CN(C)C2CCCCCC2)nc1. The Hall–Kier alpha value is -0.930. The van der Waals surface area contributed by atoms with E-state index in [1.807, 2.05) is 6.20 Å². The second-order valence-electron chi connectivity index (χ2n) is 6.40. The summed E-state index contributed by atoms with van der Waals surface area (Å²) in [5.41, 5.74) is 2.48. The van der Waals surface area contributed by atoms with Gasteiger partial charge in [-0.25, -0.2) is 0 Å². The zero-order valence-electron chi connectivity index (χ0n) is 13.8. The molecule has 0 bridgehead atoms. The van der Waals surface area contributed by atoms with E-state index in [2.05, 4.69) is 41.3 Å². The van der Waals surface area contributed by atoms with Crippen LogP contribution in [-0.4, -0.2) is 29.5 Å². The van der Waals surface area contributed by atoms with E-state index >= 15 is 0 Å². The molecule has 0 atom stereocenters. The van der Waals surface area contributed by atoms with E-state index in [1.165, 1.54) is 56.2 Å². The van der Waals surface area contributed by atoms with Crippen molar-refractivity contribution in [2.45, 2.75) is 71.0 Å². The zero-order chi connectivity index (χ0) is 14.9. The van der Waals surface area contributed by atoms with Gasteiger partial charge in [-0.15, -0.1) is 0 Å². The van der Waals surface area contributed by atoms with Crippen LogP contribution >= 0.6 is 0 Å². The van der Waals surface area contributed by atoms with E-state index in [9.17, 15) is 0 Å². The maximum atomic E-state index is 4.63. The van der Waals surface area contributed by atoms with Crippen molar-refractivity contribution < 1.29 is 0 Å². The summed E-state index contributed by atoms with van der Waals surface area (Å²) in [5, 5.41) is 3.42. The zero-order valence-corrected chi connectivity index (χ0v) is 13.8. The molecule has 0 saturated heterocycles. The number of nitrogens with one attached hydrogen (secondary N) is 1. The van der Waals surface area contributed by atoms with Crippen molar-refractivity contribution in [2.24, 2.45) is 0 Å². The van der Waals surface area contributed by atoms with Gasteiger partial charge in [0.2, 0.25) is 0 Å². The summed E-state index contributed by atoms with van der Waals surface area (Å²) in [6.07, 6.45) is 11.5. The van der Waals surface area contributed by atoms with Gasteiger partial charge in [0.1, 0.15) is 0 Å². The third-order valence-corrected chi connectivity index (χ3v) is 4.50. The fraction of sp³-hybridized carbons (Fsp3) is 0.722. The molecule has 0 amide bonds. The molecular formula is C18H31N3. The van der Waals surface area contributed by atoms with Gasteiger partial charge in [-0.2, -0.15) is 0 Å². The Morgan fingerprint density at radius 1 is 1.19 bits per heavy atom. The summed E-state index contributed by atoms with van der Waals surface area (Å²) in [6, 6.07) is 5.16. The molecule has 21 heavy (non-hydrogen) atoms. The number of pyridine rings is 1. The molecular weight excluding hydrogens is 258 g/mol. The summed E-state index contributed by atoms with van der Waals surface area (Å²) in [5.74, 6) is 0. The smallest absolute Gasteiger partial charge is 0.0544 e. The lowest BCUT2D eigenvalue weighted by Gasteiger charge is -2.26. The first kappa shape index (κ1) is 16.4. The number of rotatable bonds is 7. The van der Waals surface area contributed by atoms with Gasteiger partial charge in [-0.3, -0.25) is 9.88 Å². The molecule has 1 aromatic heterocycles. The minimum Gasteiger partial charge on any atom is -0.313 e. The van der Waals surface area contributed by atoms with Crippen molar-refractivity contribution in [2.75, 3.05) is 13.6 Å². The Labute approximate surface area is 130 Å². The largest absolute Gasteiger partial charge is 0.313 e. The molecule has 0 spiro atoms. The average Bonchev–Trinajstić information content (AvgIpc) is 2.78. The molecule has 1 heterocycles. The molecule has 1 aromatic rings. The van der Waals surface area contributed by atoms with Gasteiger partial charge in [-0.1, -0.05) is 38.7 Å². The summed E-state index contributed by atoms with van der Waals surface area (Å²) in [4.78, 5) is 7.14. The van der Waals surface area contributed by atoms with Gasteiger partial charge in [0.25, 0.3) is 0 Å². The first-order chi connectivity index (χ1) is 10.3. The maximum Gasteiger partial charge on any atom is 0.0544 e. The maximum absolute atomic E-state index is 4.63. The van der Waals surface area contributed by atoms with Gasteiger partial charge in [0.05, 0.1) is 5.69 Å². The highest BCUT2D eigenvalue weighted by atomic mass is 15.1. The Morgan fingerprint density at radius 3 is 2.57 bits per heavy atom. The van der Waals surface area contributed by atoms with Gasteiger partial charge in [0, 0.05) is 25.3 Å². The van der Waals surface area contributed by atoms with E-state index in [0.29, 0.717) is 0 Å². The normalized spacial score (nSPS) is 17.1. The van der Waals surface area contributed by atoms with Crippen molar-refractivity contribution in [1.82, 2.24) is 15.2 Å². The molecule has 1 N–H and O–H groups in total. The molecule has 0 radical (unpaired) electrons. The summed E-state index contributed by atoms with van der Waals surface area (Å²) >= 11 is 0. The van der Waals surface area contributed by atoms with E-state index in [0.717, 1.165) is 25.7 Å². The van der Waals surface area contributed by atoms with Crippen LogP contribution in [0, 0.1) is 0 Å². The predicted octanol–water partition coefficient (Wildman–Crippen LogP) is 3.74. The van der Waals surface area contributed by atoms with Gasteiger partial charge >= 0.3 is 0 Å². The van der Waals surface area contributed by atoms with Crippen molar-refractivity contribution in [3.8, 4) is 0 Å². The van der Waals surface area contributed by atoms with E-state index < -0.39 is 0 Å². The number of nitrogens with zero attached hydrogens (tertiary/aromatic N) is 2. The molecule has 3 heteroatoms. The molecule has 1 aliphatic rings. The van der Waals surface area contributed by atoms with Crippen LogP contribution in [0.25, 0.3) is 0 Å². The standard InChI is InChI=1S/C18H31N3/c1-3-12-19-13-16-10-11-17(20-14-16)15-21(2)18-8-6-4-5-7-9-18/h10-11,14,18-19H,3-9,12-13,15H2,1-2H3. The highest BCUT2D eigenvalue weighted by Gasteiger charge is 2.17. The Bertz CT molecular complexity index is 380. The Morgan fingerprint density at radius 2 is 1.95 bits per heavy atom.